The number of aliphatic hydroxyl groups is 1. The average Bonchev–Trinajstić information content (AvgIpc) is 3.22. The van der Waals surface area contributed by atoms with Crippen LogP contribution in [0.15, 0.2) is 65.6 Å². The van der Waals surface area contributed by atoms with Gasteiger partial charge in [0.25, 0.3) is 5.91 Å². The molecule has 180 valence electrons. The zero-order chi connectivity index (χ0) is 24.5. The number of carbonyl (C=O) groups is 1. The van der Waals surface area contributed by atoms with E-state index in [0.717, 1.165) is 5.56 Å². The molecule has 2 aromatic carbocycles. The van der Waals surface area contributed by atoms with E-state index >= 15 is 0 Å². The van der Waals surface area contributed by atoms with Gasteiger partial charge in [-0.2, -0.15) is 4.31 Å². The van der Waals surface area contributed by atoms with Gasteiger partial charge in [0.1, 0.15) is 5.82 Å². The molecule has 4 rings (SSSR count). The van der Waals surface area contributed by atoms with Crippen LogP contribution in [-0.4, -0.2) is 52.5 Å². The highest BCUT2D eigenvalue weighted by atomic mass is 32.2. The Morgan fingerprint density at radius 3 is 2.26 bits per heavy atom. The van der Waals surface area contributed by atoms with Crippen LogP contribution >= 0.6 is 0 Å². The highest BCUT2D eigenvalue weighted by Crippen LogP contribution is 2.30. The third-order valence-electron chi connectivity index (χ3n) is 6.13. The van der Waals surface area contributed by atoms with E-state index in [9.17, 15) is 18.3 Å². The smallest absolute Gasteiger partial charge is 0.272 e. The van der Waals surface area contributed by atoms with Crippen LogP contribution in [0.3, 0.4) is 0 Å². The summed E-state index contributed by atoms with van der Waals surface area (Å²) in [7, 11) is -3.73. The second kappa shape index (κ2) is 9.32. The molecule has 1 aliphatic rings. The molecule has 0 fully saturated rings. The van der Waals surface area contributed by atoms with Gasteiger partial charge >= 0.3 is 0 Å². The van der Waals surface area contributed by atoms with E-state index in [1.807, 2.05) is 55.7 Å². The minimum atomic E-state index is -3.73. The predicted molar refractivity (Wildman–Crippen MR) is 129 cm³/mol. The number of carbonyl (C=O) groups excluding carboxylic acids is 1. The lowest BCUT2D eigenvalue weighted by Gasteiger charge is -2.30. The van der Waals surface area contributed by atoms with Crippen LogP contribution in [0, 0.1) is 5.41 Å². The van der Waals surface area contributed by atoms with Crippen molar-refractivity contribution in [1.82, 2.24) is 19.2 Å². The van der Waals surface area contributed by atoms with Crippen molar-refractivity contribution in [2.24, 2.45) is 5.41 Å². The van der Waals surface area contributed by atoms with Gasteiger partial charge in [-0.1, -0.05) is 69.3 Å². The fourth-order valence-corrected chi connectivity index (χ4v) is 5.46. The molecule has 1 aliphatic heterocycles. The minimum Gasteiger partial charge on any atom is -0.394 e. The van der Waals surface area contributed by atoms with Crippen molar-refractivity contribution in [3.63, 3.8) is 0 Å². The summed E-state index contributed by atoms with van der Waals surface area (Å²) in [6, 6.07) is 17.3. The summed E-state index contributed by atoms with van der Waals surface area (Å²) in [5.41, 5.74) is 1.19. The predicted octanol–water partition coefficient (Wildman–Crippen LogP) is 2.89. The van der Waals surface area contributed by atoms with E-state index in [0.29, 0.717) is 18.1 Å². The first-order chi connectivity index (χ1) is 16.1. The topological polar surface area (TPSA) is 105 Å². The number of aromatic nitrogens is 2. The monoisotopic (exact) mass is 482 g/mol. The SMILES string of the molecule is CC(C)(C)C(CO)NC(=O)c1nc(-c2ccccc2)n2c1CN(S(=O)(=O)c1ccccc1)CC2. The van der Waals surface area contributed by atoms with Crippen LogP contribution in [-0.2, 0) is 23.1 Å². The maximum absolute atomic E-state index is 13.3. The van der Waals surface area contributed by atoms with Crippen LogP contribution in [0.25, 0.3) is 11.4 Å². The van der Waals surface area contributed by atoms with Gasteiger partial charge in [0.2, 0.25) is 10.0 Å². The fourth-order valence-electron chi connectivity index (χ4n) is 4.04. The molecule has 0 radical (unpaired) electrons. The van der Waals surface area contributed by atoms with Gasteiger partial charge in [0, 0.05) is 18.7 Å². The summed E-state index contributed by atoms with van der Waals surface area (Å²) >= 11 is 0. The number of aliphatic hydroxyl groups excluding tert-OH is 1. The lowest BCUT2D eigenvalue weighted by Crippen LogP contribution is -2.47. The molecule has 2 heterocycles. The molecule has 0 bridgehead atoms. The highest BCUT2D eigenvalue weighted by Gasteiger charge is 2.35. The Hall–Kier alpha value is -3.01. The molecule has 1 aromatic heterocycles. The number of nitrogens with one attached hydrogen (secondary N) is 1. The molecule has 0 saturated carbocycles. The fraction of sp³-hybridized carbons (Fsp3) is 0.360. The first-order valence-electron chi connectivity index (χ1n) is 11.2. The summed E-state index contributed by atoms with van der Waals surface area (Å²) < 4.78 is 29.9. The van der Waals surface area contributed by atoms with Crippen molar-refractivity contribution in [3.05, 3.63) is 72.1 Å². The normalized spacial score (nSPS) is 15.5. The van der Waals surface area contributed by atoms with E-state index in [2.05, 4.69) is 10.3 Å². The molecule has 2 N–H and O–H groups in total. The minimum absolute atomic E-state index is 0.0269. The van der Waals surface area contributed by atoms with Crippen molar-refractivity contribution in [2.45, 2.75) is 44.8 Å². The van der Waals surface area contributed by atoms with Gasteiger partial charge in [-0.25, -0.2) is 13.4 Å². The molecule has 0 aliphatic carbocycles. The Bertz CT molecular complexity index is 1270. The first-order valence-corrected chi connectivity index (χ1v) is 12.7. The van der Waals surface area contributed by atoms with Crippen molar-refractivity contribution < 1.29 is 18.3 Å². The van der Waals surface area contributed by atoms with Crippen LogP contribution in [0.4, 0.5) is 0 Å². The largest absolute Gasteiger partial charge is 0.394 e. The molecular formula is C25H30N4O4S. The van der Waals surface area contributed by atoms with Crippen molar-refractivity contribution in [2.75, 3.05) is 13.2 Å². The van der Waals surface area contributed by atoms with Gasteiger partial charge in [-0.15, -0.1) is 0 Å². The van der Waals surface area contributed by atoms with Gasteiger partial charge in [-0.05, 0) is 17.5 Å². The third kappa shape index (κ3) is 4.64. The molecular weight excluding hydrogens is 452 g/mol. The number of nitrogens with zero attached hydrogens (tertiary/aromatic N) is 3. The number of hydrogen-bond donors (Lipinski definition) is 2. The number of sulfonamides is 1. The second-order valence-electron chi connectivity index (χ2n) is 9.47. The summed E-state index contributed by atoms with van der Waals surface area (Å²) in [5, 5.41) is 12.7. The van der Waals surface area contributed by atoms with E-state index < -0.39 is 22.0 Å². The molecule has 34 heavy (non-hydrogen) atoms. The van der Waals surface area contributed by atoms with Crippen molar-refractivity contribution in [1.29, 1.82) is 0 Å². The van der Waals surface area contributed by atoms with Gasteiger partial charge < -0.3 is 15.0 Å². The third-order valence-corrected chi connectivity index (χ3v) is 7.99. The first kappa shape index (κ1) is 24.1. The van der Waals surface area contributed by atoms with Gasteiger partial charge in [0.05, 0.1) is 29.8 Å². The lowest BCUT2D eigenvalue weighted by atomic mass is 9.87. The van der Waals surface area contributed by atoms with Crippen LogP contribution in [0.1, 0.15) is 37.0 Å². The van der Waals surface area contributed by atoms with Crippen LogP contribution < -0.4 is 5.32 Å². The second-order valence-corrected chi connectivity index (χ2v) is 11.4. The summed E-state index contributed by atoms with van der Waals surface area (Å²) in [6.45, 7) is 6.24. The maximum atomic E-state index is 13.3. The molecule has 9 heteroatoms. The molecule has 1 amide bonds. The number of fused-ring (bicyclic) bond motifs is 1. The Balaban J connectivity index is 1.75. The maximum Gasteiger partial charge on any atom is 0.272 e. The van der Waals surface area contributed by atoms with Crippen LogP contribution in [0.5, 0.6) is 0 Å². The zero-order valence-corrected chi connectivity index (χ0v) is 20.4. The number of imidazole rings is 1. The highest BCUT2D eigenvalue weighted by molar-refractivity contribution is 7.89. The van der Waals surface area contributed by atoms with Gasteiger partial charge in [0.15, 0.2) is 5.69 Å². The number of hydrogen-bond acceptors (Lipinski definition) is 5. The molecule has 3 aromatic rings. The average molecular weight is 483 g/mol. The van der Waals surface area contributed by atoms with E-state index in [1.165, 1.54) is 4.31 Å². The molecule has 1 atom stereocenters. The van der Waals surface area contributed by atoms with Crippen molar-refractivity contribution in [3.8, 4) is 11.4 Å². The van der Waals surface area contributed by atoms with E-state index in [-0.39, 0.29) is 35.7 Å². The molecule has 1 unspecified atom stereocenters. The number of benzene rings is 2. The van der Waals surface area contributed by atoms with E-state index in [1.54, 1.807) is 30.3 Å². The lowest BCUT2D eigenvalue weighted by molar-refractivity contribution is 0.0841. The Labute approximate surface area is 200 Å². The standard InChI is InChI=1S/C25H30N4O4S/c1-25(2,3)21(17-30)26-24(31)22-20-16-28(34(32,33)19-12-8-5-9-13-19)14-15-29(20)23(27-22)18-10-6-4-7-11-18/h4-13,21,30H,14-17H2,1-3H3,(H,26,31). The quantitative estimate of drug-likeness (QED) is 0.562. The van der Waals surface area contributed by atoms with Gasteiger partial charge in [-0.3, -0.25) is 4.79 Å². The van der Waals surface area contributed by atoms with Crippen LogP contribution in [0.2, 0.25) is 0 Å². The summed E-state index contributed by atoms with van der Waals surface area (Å²) in [5.74, 6) is 0.188. The molecule has 8 nitrogen and oxygen atoms in total. The number of rotatable bonds is 6. The molecule has 0 spiro atoms. The Kier molecular flexibility index (Phi) is 6.62. The zero-order valence-electron chi connectivity index (χ0n) is 19.6. The number of amides is 1. The van der Waals surface area contributed by atoms with Crippen molar-refractivity contribution >= 4 is 15.9 Å². The summed E-state index contributed by atoms with van der Waals surface area (Å²) in [4.78, 5) is 18.2. The molecule has 0 saturated heterocycles. The van der Waals surface area contributed by atoms with E-state index in [4.69, 9.17) is 0 Å². The Morgan fingerprint density at radius 1 is 1.06 bits per heavy atom. The summed E-state index contributed by atoms with van der Waals surface area (Å²) in [6.07, 6.45) is 0. The Morgan fingerprint density at radius 2 is 1.68 bits per heavy atom.